The summed E-state index contributed by atoms with van der Waals surface area (Å²) in [4.78, 5) is 28.4. The van der Waals surface area contributed by atoms with Crippen molar-refractivity contribution in [1.82, 2.24) is 4.98 Å². The summed E-state index contributed by atoms with van der Waals surface area (Å²) in [5.74, 6) is -1.43. The summed E-state index contributed by atoms with van der Waals surface area (Å²) in [6.07, 6.45) is 9.38. The number of ether oxygens (including phenoxy) is 3. The van der Waals surface area contributed by atoms with E-state index < -0.39 is 52.4 Å². The highest BCUT2D eigenvalue weighted by Crippen LogP contribution is 2.43. The first-order chi connectivity index (χ1) is 19.7. The van der Waals surface area contributed by atoms with Gasteiger partial charge in [0.25, 0.3) is 0 Å². The molecule has 3 heterocycles. The fraction of sp³-hybridized carbons (Fsp3) is 0.645. The van der Waals surface area contributed by atoms with E-state index in [1.165, 1.54) is 13.0 Å². The van der Waals surface area contributed by atoms with Gasteiger partial charge < -0.3 is 33.9 Å². The average molecular weight is 655 g/mol. The Morgan fingerprint density at radius 1 is 1.31 bits per heavy atom. The molecule has 0 spiro atoms. The van der Waals surface area contributed by atoms with E-state index in [1.807, 2.05) is 13.8 Å². The molecule has 2 aliphatic rings. The van der Waals surface area contributed by atoms with Crippen LogP contribution in [0.5, 0.6) is 0 Å². The standard InChI is InChI=1S/C31H44BrNO9/c1-18-9-11-24-33-21(17-40-24)20(3)16-22(34)19(2)10-12-25(35)41-27-26(23(15-18)39-6)42-31(5,28(27)32)14-8-7-13-30(4,38)29(36)37/h7-8,10,12,16-19,22-23,26-28,34,38H,9,11,13-15H2,1-6H3,(H,36,37)/b8-7-,12-10+,20-16+/t18?,19-,22-,23-,26+,27+,28-,30?,31+/m0/s1. The number of esters is 1. The van der Waals surface area contributed by atoms with Crippen molar-refractivity contribution in [2.45, 2.75) is 107 Å². The van der Waals surface area contributed by atoms with E-state index in [1.54, 1.807) is 44.6 Å². The topological polar surface area (TPSA) is 149 Å². The number of aryl methyl sites for hydroxylation is 1. The molecule has 1 aromatic heterocycles. The highest BCUT2D eigenvalue weighted by atomic mass is 79.9. The number of aliphatic hydroxyl groups is 2. The third kappa shape index (κ3) is 8.63. The van der Waals surface area contributed by atoms with Crippen molar-refractivity contribution in [3.63, 3.8) is 0 Å². The predicted octanol–water partition coefficient (Wildman–Crippen LogP) is 4.62. The number of aliphatic carboxylic acids is 1. The highest BCUT2D eigenvalue weighted by Gasteiger charge is 2.55. The third-order valence-electron chi connectivity index (χ3n) is 8.12. The van der Waals surface area contributed by atoms with Crippen LogP contribution in [-0.2, 0) is 30.2 Å². The summed E-state index contributed by atoms with van der Waals surface area (Å²) in [5, 5.41) is 29.9. The Kier molecular flexibility index (Phi) is 11.8. The number of oxazole rings is 1. The second-order valence-corrected chi connectivity index (χ2v) is 13.0. The molecule has 42 heavy (non-hydrogen) atoms. The minimum Gasteiger partial charge on any atom is -0.479 e. The lowest BCUT2D eigenvalue weighted by Crippen LogP contribution is -2.42. The van der Waals surface area contributed by atoms with Crippen LogP contribution in [-0.4, -0.2) is 79.8 Å². The number of carboxylic acid groups (broad SMARTS) is 1. The molecule has 11 heteroatoms. The van der Waals surface area contributed by atoms with Crippen LogP contribution in [0.15, 0.2) is 41.1 Å². The van der Waals surface area contributed by atoms with Gasteiger partial charge in [0.2, 0.25) is 0 Å². The fourth-order valence-electron chi connectivity index (χ4n) is 5.12. The number of nitrogens with zero attached hydrogens (tertiary/aromatic N) is 1. The molecular weight excluding hydrogens is 610 g/mol. The predicted molar refractivity (Wildman–Crippen MR) is 160 cm³/mol. The van der Waals surface area contributed by atoms with Gasteiger partial charge in [0, 0.05) is 31.9 Å². The minimum atomic E-state index is -1.88. The molecule has 2 unspecified atom stereocenters. The van der Waals surface area contributed by atoms with E-state index in [0.717, 1.165) is 12.0 Å². The van der Waals surface area contributed by atoms with Crippen LogP contribution in [0.4, 0.5) is 0 Å². The molecule has 3 rings (SSSR count). The largest absolute Gasteiger partial charge is 0.479 e. The lowest BCUT2D eigenvalue weighted by atomic mass is 9.91. The van der Waals surface area contributed by atoms with Crippen molar-refractivity contribution in [3.8, 4) is 0 Å². The first-order valence-electron chi connectivity index (χ1n) is 14.3. The van der Waals surface area contributed by atoms with E-state index in [-0.39, 0.29) is 18.3 Å². The first kappa shape index (κ1) is 34.2. The summed E-state index contributed by atoms with van der Waals surface area (Å²) < 4.78 is 24.2. The van der Waals surface area contributed by atoms with Crippen LogP contribution in [0.25, 0.3) is 5.57 Å². The van der Waals surface area contributed by atoms with Gasteiger partial charge in [0.1, 0.15) is 24.2 Å². The lowest BCUT2D eigenvalue weighted by molar-refractivity contribution is -0.156. The van der Waals surface area contributed by atoms with Crippen molar-refractivity contribution in [3.05, 3.63) is 48.2 Å². The number of aromatic nitrogens is 1. The molecule has 3 N–H and O–H groups in total. The van der Waals surface area contributed by atoms with Gasteiger partial charge in [-0.15, -0.1) is 0 Å². The van der Waals surface area contributed by atoms with Crippen LogP contribution in [0.2, 0.25) is 0 Å². The number of hydrogen-bond acceptors (Lipinski definition) is 9. The third-order valence-corrected chi connectivity index (χ3v) is 9.61. The molecule has 10 nitrogen and oxygen atoms in total. The molecule has 1 fully saturated rings. The van der Waals surface area contributed by atoms with Gasteiger partial charge in [-0.25, -0.2) is 14.6 Å². The van der Waals surface area contributed by atoms with Gasteiger partial charge in [-0.05, 0) is 51.5 Å². The maximum atomic E-state index is 13.0. The Labute approximate surface area is 255 Å². The maximum Gasteiger partial charge on any atom is 0.335 e. The molecule has 0 aromatic carbocycles. The van der Waals surface area contributed by atoms with Crippen LogP contribution in [0.1, 0.15) is 71.9 Å². The number of carboxylic acids is 1. The normalized spacial score (nSPS) is 36.6. The van der Waals surface area contributed by atoms with Gasteiger partial charge in [-0.3, -0.25) is 0 Å². The number of alkyl halides is 1. The Hall–Kier alpha value is -2.31. The van der Waals surface area contributed by atoms with Gasteiger partial charge in [0.05, 0.1) is 22.6 Å². The zero-order chi connectivity index (χ0) is 31.2. The molecule has 0 saturated carbocycles. The SMILES string of the molecule is CO[C@H]1CC(C)CCc2nc(co2)/C(C)=C/[C@H](O)[C@@H](C)/C=C/C(=O)O[C@@H]2[C@@H]1O[C@](C)(C/C=C\CC(C)(O)C(=O)O)[C@H]2Br. The summed E-state index contributed by atoms with van der Waals surface area (Å²) in [5.41, 5.74) is -1.27. The molecule has 2 bridgehead atoms. The van der Waals surface area contributed by atoms with E-state index in [4.69, 9.17) is 18.6 Å². The molecule has 0 aliphatic carbocycles. The average Bonchev–Trinajstić information content (AvgIpc) is 3.50. The second kappa shape index (κ2) is 14.4. The number of halogens is 1. The first-order valence-corrected chi connectivity index (χ1v) is 15.2. The van der Waals surface area contributed by atoms with Gasteiger partial charge in [0.15, 0.2) is 11.5 Å². The summed E-state index contributed by atoms with van der Waals surface area (Å²) in [6.45, 7) is 8.90. The van der Waals surface area contributed by atoms with Gasteiger partial charge in [-0.1, -0.05) is 54.1 Å². The monoisotopic (exact) mass is 653 g/mol. The van der Waals surface area contributed by atoms with E-state index in [2.05, 4.69) is 27.8 Å². The Morgan fingerprint density at radius 2 is 2.02 bits per heavy atom. The Morgan fingerprint density at radius 3 is 2.69 bits per heavy atom. The van der Waals surface area contributed by atoms with Crippen LogP contribution < -0.4 is 0 Å². The number of carbonyl (C=O) groups excluding carboxylic acids is 1. The number of aliphatic hydroxyl groups excluding tert-OH is 1. The Balaban J connectivity index is 1.88. The van der Waals surface area contributed by atoms with Crippen LogP contribution in [0, 0.1) is 11.8 Å². The van der Waals surface area contributed by atoms with Crippen molar-refractivity contribution >= 4 is 33.4 Å². The second-order valence-electron chi connectivity index (χ2n) is 12.0. The fourth-order valence-corrected chi connectivity index (χ4v) is 5.82. The Bertz CT molecular complexity index is 1170. The number of methoxy groups -OCH3 is 1. The summed E-state index contributed by atoms with van der Waals surface area (Å²) in [6, 6.07) is 0. The number of allylic oxidation sites excluding steroid dienone is 1. The molecular formula is C31H44BrNO9. The number of carbonyl (C=O) groups is 2. The quantitative estimate of drug-likeness (QED) is 0.225. The molecule has 1 aromatic rings. The van der Waals surface area contributed by atoms with Crippen molar-refractivity contribution < 1.29 is 43.5 Å². The van der Waals surface area contributed by atoms with Crippen LogP contribution in [0.3, 0.4) is 0 Å². The van der Waals surface area contributed by atoms with Crippen molar-refractivity contribution in [2.75, 3.05) is 7.11 Å². The smallest absolute Gasteiger partial charge is 0.335 e. The molecule has 2 aliphatic heterocycles. The number of rotatable bonds is 6. The molecule has 234 valence electrons. The van der Waals surface area contributed by atoms with Crippen LogP contribution >= 0.6 is 15.9 Å². The minimum absolute atomic E-state index is 0.0685. The molecule has 9 atom stereocenters. The molecule has 0 amide bonds. The van der Waals surface area contributed by atoms with Crippen molar-refractivity contribution in [2.24, 2.45) is 11.8 Å². The van der Waals surface area contributed by atoms with E-state index in [0.29, 0.717) is 30.8 Å². The lowest BCUT2D eigenvalue weighted by Gasteiger charge is -2.29. The summed E-state index contributed by atoms with van der Waals surface area (Å²) >= 11 is 3.73. The highest BCUT2D eigenvalue weighted by molar-refractivity contribution is 9.09. The zero-order valence-corrected chi connectivity index (χ0v) is 26.7. The van der Waals surface area contributed by atoms with Gasteiger partial charge >= 0.3 is 11.9 Å². The maximum absolute atomic E-state index is 13.0. The molecule has 0 radical (unpaired) electrons. The van der Waals surface area contributed by atoms with E-state index >= 15 is 0 Å². The summed E-state index contributed by atoms with van der Waals surface area (Å²) in [7, 11) is 1.61. The zero-order valence-electron chi connectivity index (χ0n) is 25.2. The number of fused-ring (bicyclic) bond motifs is 3. The number of hydrogen-bond donors (Lipinski definition) is 3. The van der Waals surface area contributed by atoms with Crippen molar-refractivity contribution in [1.29, 1.82) is 0 Å². The molecule has 1 saturated heterocycles. The van der Waals surface area contributed by atoms with E-state index in [9.17, 15) is 24.9 Å². The van der Waals surface area contributed by atoms with Gasteiger partial charge in [-0.2, -0.15) is 0 Å².